The minimum absolute atomic E-state index is 0. The summed E-state index contributed by atoms with van der Waals surface area (Å²) in [5, 5.41) is 41.2. The molecule has 3 aliphatic rings. The van der Waals surface area contributed by atoms with Gasteiger partial charge in [-0.25, -0.2) is 10.5 Å². The summed E-state index contributed by atoms with van der Waals surface area (Å²) in [5.41, 5.74) is 0. The van der Waals surface area contributed by atoms with Crippen molar-refractivity contribution in [3.63, 3.8) is 0 Å². The third kappa shape index (κ3) is 13.2. The molecule has 1 heterocycles. The summed E-state index contributed by atoms with van der Waals surface area (Å²) in [6.07, 6.45) is 10.1. The summed E-state index contributed by atoms with van der Waals surface area (Å²) in [4.78, 5) is 0. The Bertz CT molecular complexity index is 463. The minimum atomic E-state index is 0. The summed E-state index contributed by atoms with van der Waals surface area (Å²) in [6, 6.07) is 1.76. The normalized spacial score (nSPS) is 30.1. The van der Waals surface area contributed by atoms with Crippen molar-refractivity contribution < 1.29 is 22.8 Å². The molecule has 7 nitrogen and oxygen atoms in total. The molecule has 2 aliphatic carbocycles. The van der Waals surface area contributed by atoms with Crippen LogP contribution < -0.4 is 0 Å². The number of hydrogen-bond acceptors (Lipinski definition) is 4. The molecule has 3 unspecified atom stereocenters. The van der Waals surface area contributed by atoms with Gasteiger partial charge in [-0.2, -0.15) is 63.4 Å². The van der Waals surface area contributed by atoms with Gasteiger partial charge in [0.1, 0.15) is 0 Å². The Balaban J connectivity index is -0.000000232. The molecule has 10 heteroatoms. The van der Waals surface area contributed by atoms with Crippen molar-refractivity contribution in [3.05, 3.63) is 26.6 Å². The monoisotopic (exact) mass is 497 g/mol. The molecular formula is C20H40MnN7S2-7. The maximum Gasteiger partial charge on any atom is 0 e. The Kier molecular flexibility index (Phi) is 20.5. The number of rotatable bonds is 0. The predicted octanol–water partition coefficient (Wildman–Crippen LogP) is 5.50. The van der Waals surface area contributed by atoms with Crippen LogP contribution in [0.25, 0.3) is 26.6 Å². The smallest absolute Gasteiger partial charge is 0 e. The third-order valence-electron chi connectivity index (χ3n) is 5.46. The molecule has 181 valence electrons. The Morgan fingerprint density at radius 2 is 0.800 bits per heavy atom. The zero-order valence-electron chi connectivity index (χ0n) is 17.5. The van der Waals surface area contributed by atoms with Crippen LogP contribution in [0.15, 0.2) is 0 Å². The van der Waals surface area contributed by atoms with E-state index in [0.717, 1.165) is 39.3 Å². The van der Waals surface area contributed by atoms with Gasteiger partial charge in [0.2, 0.25) is 0 Å². The molecule has 0 amide bonds. The van der Waals surface area contributed by atoms with Crippen LogP contribution in [0.2, 0.25) is 0 Å². The molecule has 0 N–H and O–H groups in total. The van der Waals surface area contributed by atoms with Crippen LogP contribution in [-0.2, 0) is 42.3 Å². The summed E-state index contributed by atoms with van der Waals surface area (Å²) in [7, 11) is 0. The topological polar surface area (TPSA) is 118 Å². The second-order valence-electron chi connectivity index (χ2n) is 7.32. The fourth-order valence-electron chi connectivity index (χ4n) is 4.18. The quantitative estimate of drug-likeness (QED) is 0.249. The average Bonchev–Trinajstić information content (AvgIpc) is 2.73. The van der Waals surface area contributed by atoms with Gasteiger partial charge < -0.3 is 51.8 Å². The minimum Gasteiger partial charge on any atom is -0.696 e. The molecular weight excluding hydrogens is 457 g/mol. The molecule has 2 saturated carbocycles. The number of fused-ring (bicyclic) bond motifs is 2. The average molecular weight is 498 g/mol. The maximum absolute atomic E-state index is 7.13. The van der Waals surface area contributed by atoms with E-state index in [9.17, 15) is 0 Å². The van der Waals surface area contributed by atoms with Crippen LogP contribution in [0.4, 0.5) is 0 Å². The van der Waals surface area contributed by atoms with E-state index in [1.165, 1.54) is 62.2 Å². The van der Waals surface area contributed by atoms with E-state index in [1.54, 1.807) is 0 Å². The van der Waals surface area contributed by atoms with E-state index in [4.69, 9.17) is 31.8 Å². The van der Waals surface area contributed by atoms with Crippen LogP contribution >= 0.6 is 0 Å². The molecule has 3 rings (SSSR count). The van der Waals surface area contributed by atoms with Crippen molar-refractivity contribution in [1.82, 2.24) is 0 Å². The van der Waals surface area contributed by atoms with Crippen LogP contribution in [0.1, 0.15) is 57.1 Å². The van der Waals surface area contributed by atoms with Crippen molar-refractivity contribution in [2.75, 3.05) is 39.3 Å². The number of nitriles is 2. The molecule has 0 aromatic rings. The van der Waals surface area contributed by atoms with Gasteiger partial charge in [-0.15, -0.1) is 0 Å². The predicted molar refractivity (Wildman–Crippen MR) is 132 cm³/mol. The standard InChI is InChI=1S/C18H32N5.2CHNS.Mn.4H2/c1-3-7-17-15(5-1)20-11-9-19-10-12-21-16-6-2-4-8-18(16)23-14-13-22-17;2*2-1-3;;;;;/h15-18H,1-14H2;2*3H;;4*1H/q-5;;;;;;;/p-2/t15-,16?,17?,18?;;;;;;;/m1......./s1. The Morgan fingerprint density at radius 3 is 1.07 bits per heavy atom. The number of thiocyanates is 2. The van der Waals surface area contributed by atoms with E-state index in [-0.39, 0.29) is 22.8 Å². The number of nitrogens with zero attached hydrogens (tertiary/aromatic N) is 7. The van der Waals surface area contributed by atoms with Crippen LogP contribution in [0.3, 0.4) is 0 Å². The SMILES string of the molecule is C1CCC2[N-]CC[N-]C3CCCC[C@H]3[N-]CC[N-]CC[N-]C2C1.N#C[S-].N#C[S-].[HH].[HH].[HH].[HH].[Mn]. The van der Waals surface area contributed by atoms with Crippen molar-refractivity contribution >= 4 is 25.3 Å². The summed E-state index contributed by atoms with van der Waals surface area (Å²) in [5.74, 6) is 0. The summed E-state index contributed by atoms with van der Waals surface area (Å²) >= 11 is 7.40. The van der Waals surface area contributed by atoms with Gasteiger partial charge in [0.15, 0.2) is 0 Å². The van der Waals surface area contributed by atoms with Gasteiger partial charge >= 0.3 is 0 Å². The molecule has 1 aliphatic heterocycles. The van der Waals surface area contributed by atoms with Crippen LogP contribution in [0.5, 0.6) is 0 Å². The molecule has 3 fully saturated rings. The first-order chi connectivity index (χ1) is 14.3. The molecule has 1 saturated heterocycles. The van der Waals surface area contributed by atoms with Crippen molar-refractivity contribution in [2.45, 2.75) is 75.5 Å². The first-order valence-electron chi connectivity index (χ1n) is 10.6. The Hall–Kier alpha value is -0.261. The molecule has 30 heavy (non-hydrogen) atoms. The van der Waals surface area contributed by atoms with Crippen LogP contribution in [-0.4, -0.2) is 63.4 Å². The van der Waals surface area contributed by atoms with Crippen molar-refractivity contribution in [3.8, 4) is 10.8 Å². The summed E-state index contributed by atoms with van der Waals surface area (Å²) < 4.78 is 0. The van der Waals surface area contributed by atoms with Gasteiger partial charge in [-0.05, 0) is 0 Å². The fraction of sp³-hybridized carbons (Fsp3) is 0.900. The molecule has 0 aromatic heterocycles. The fourth-order valence-corrected chi connectivity index (χ4v) is 4.18. The molecule has 0 bridgehead atoms. The zero-order valence-corrected chi connectivity index (χ0v) is 20.3. The third-order valence-corrected chi connectivity index (χ3v) is 5.46. The van der Waals surface area contributed by atoms with E-state index < -0.39 is 0 Å². The van der Waals surface area contributed by atoms with Gasteiger partial charge in [-0.3, -0.25) is 0 Å². The van der Waals surface area contributed by atoms with E-state index in [1.807, 2.05) is 0 Å². The van der Waals surface area contributed by atoms with E-state index >= 15 is 0 Å². The van der Waals surface area contributed by atoms with Gasteiger partial charge in [-0.1, -0.05) is 62.2 Å². The Labute approximate surface area is 210 Å². The molecule has 4 atom stereocenters. The summed E-state index contributed by atoms with van der Waals surface area (Å²) in [6.45, 7) is 5.21. The van der Waals surface area contributed by atoms with Gasteiger partial charge in [0.25, 0.3) is 0 Å². The van der Waals surface area contributed by atoms with E-state index in [2.05, 4.69) is 30.6 Å². The molecule has 0 spiro atoms. The van der Waals surface area contributed by atoms with Crippen LogP contribution in [0, 0.1) is 21.3 Å². The largest absolute Gasteiger partial charge is 0.696 e. The first-order valence-corrected chi connectivity index (χ1v) is 11.4. The second kappa shape index (κ2) is 20.6. The van der Waals surface area contributed by atoms with E-state index in [0.29, 0.717) is 24.2 Å². The Morgan fingerprint density at radius 1 is 0.567 bits per heavy atom. The van der Waals surface area contributed by atoms with Gasteiger partial charge in [0.05, 0.1) is 0 Å². The van der Waals surface area contributed by atoms with Crippen molar-refractivity contribution in [1.29, 1.82) is 10.5 Å². The number of hydrogen-bond donors (Lipinski definition) is 0. The molecule has 1 radical (unpaired) electrons. The second-order valence-corrected chi connectivity index (χ2v) is 7.68. The molecule has 0 aromatic carbocycles. The van der Waals surface area contributed by atoms with Gasteiger partial charge in [0, 0.05) is 22.8 Å². The zero-order chi connectivity index (χ0) is 21.2. The maximum atomic E-state index is 7.13. The first kappa shape index (κ1) is 29.7. The van der Waals surface area contributed by atoms with Crippen molar-refractivity contribution in [2.24, 2.45) is 0 Å².